The largest absolute Gasteiger partial charge is 0.382 e. The molecule has 0 aromatic heterocycles. The van der Waals surface area contributed by atoms with Crippen LogP contribution in [-0.4, -0.2) is 44.2 Å². The van der Waals surface area contributed by atoms with Crippen LogP contribution in [0.1, 0.15) is 12.8 Å². The summed E-state index contributed by atoms with van der Waals surface area (Å²) >= 11 is 0. The molecule has 0 atom stereocenters. The monoisotopic (exact) mass is 262 g/mol. The highest BCUT2D eigenvalue weighted by Gasteiger charge is 2.20. The van der Waals surface area contributed by atoms with Crippen LogP contribution < -0.4 is 16.0 Å². The lowest BCUT2D eigenvalue weighted by Crippen LogP contribution is -2.44. The van der Waals surface area contributed by atoms with E-state index in [4.69, 9.17) is 5.73 Å². The molecular weight excluding hydrogens is 240 g/mol. The van der Waals surface area contributed by atoms with Crippen LogP contribution in [0.3, 0.4) is 0 Å². The predicted molar refractivity (Wildman–Crippen MR) is 78.6 cm³/mol. The number of nitrogens with two attached hydrogens (primary N) is 1. The highest BCUT2D eigenvalue weighted by molar-refractivity contribution is 5.72. The van der Waals surface area contributed by atoms with Gasteiger partial charge in [-0.25, -0.2) is 4.79 Å². The molecule has 5 nitrogen and oxygen atoms in total. The number of primary amides is 1. The molecule has 1 aliphatic heterocycles. The number of nitrogens with one attached hydrogen (secondary N) is 1. The molecule has 1 saturated heterocycles. The molecule has 0 unspecified atom stereocenters. The summed E-state index contributed by atoms with van der Waals surface area (Å²) in [4.78, 5) is 14.8. The number of amides is 2. The van der Waals surface area contributed by atoms with E-state index in [1.807, 2.05) is 14.1 Å². The molecule has 0 spiro atoms. The lowest BCUT2D eigenvalue weighted by Gasteiger charge is -2.31. The van der Waals surface area contributed by atoms with Crippen LogP contribution in [0.4, 0.5) is 16.2 Å². The molecule has 3 N–H and O–H groups in total. The van der Waals surface area contributed by atoms with Gasteiger partial charge in [-0.2, -0.15) is 0 Å². The third-order valence-corrected chi connectivity index (χ3v) is 3.56. The van der Waals surface area contributed by atoms with E-state index in [1.54, 1.807) is 4.90 Å². The number of benzene rings is 1. The number of carbonyl (C=O) groups is 1. The van der Waals surface area contributed by atoms with Crippen LogP contribution in [0.15, 0.2) is 24.3 Å². The number of piperidine rings is 1. The zero-order valence-electron chi connectivity index (χ0n) is 11.6. The van der Waals surface area contributed by atoms with E-state index in [2.05, 4.69) is 34.5 Å². The van der Waals surface area contributed by atoms with Gasteiger partial charge in [0.15, 0.2) is 0 Å². The third kappa shape index (κ3) is 3.53. The minimum Gasteiger partial charge on any atom is -0.382 e. The van der Waals surface area contributed by atoms with Crippen molar-refractivity contribution >= 4 is 17.4 Å². The van der Waals surface area contributed by atoms with Gasteiger partial charge in [0.25, 0.3) is 0 Å². The molecular formula is C14H22N4O. The molecule has 1 fully saturated rings. The van der Waals surface area contributed by atoms with Gasteiger partial charge >= 0.3 is 6.03 Å². The first kappa shape index (κ1) is 13.5. The van der Waals surface area contributed by atoms with Gasteiger partial charge in [-0.3, -0.25) is 0 Å². The van der Waals surface area contributed by atoms with E-state index in [0.29, 0.717) is 6.04 Å². The second kappa shape index (κ2) is 5.82. The normalized spacial score (nSPS) is 16.2. The Kier molecular flexibility index (Phi) is 4.14. The first-order valence-corrected chi connectivity index (χ1v) is 6.64. The summed E-state index contributed by atoms with van der Waals surface area (Å²) in [6.45, 7) is 1.48. The maximum absolute atomic E-state index is 11.0. The average Bonchev–Trinajstić information content (AvgIpc) is 2.40. The zero-order valence-corrected chi connectivity index (χ0v) is 11.6. The smallest absolute Gasteiger partial charge is 0.314 e. The maximum Gasteiger partial charge on any atom is 0.314 e. The van der Waals surface area contributed by atoms with Gasteiger partial charge < -0.3 is 20.9 Å². The zero-order chi connectivity index (χ0) is 13.8. The molecule has 0 bridgehead atoms. The Morgan fingerprint density at radius 3 is 2.32 bits per heavy atom. The van der Waals surface area contributed by atoms with E-state index < -0.39 is 0 Å². The quantitative estimate of drug-likeness (QED) is 0.871. The molecule has 0 saturated carbocycles. The second-order valence-corrected chi connectivity index (χ2v) is 5.19. The van der Waals surface area contributed by atoms with Crippen LogP contribution in [-0.2, 0) is 0 Å². The summed E-state index contributed by atoms with van der Waals surface area (Å²) in [6, 6.07) is 8.49. The van der Waals surface area contributed by atoms with Gasteiger partial charge in [0.1, 0.15) is 0 Å². The van der Waals surface area contributed by atoms with Crippen molar-refractivity contribution < 1.29 is 4.79 Å². The van der Waals surface area contributed by atoms with Crippen molar-refractivity contribution in [2.45, 2.75) is 18.9 Å². The summed E-state index contributed by atoms with van der Waals surface area (Å²) in [7, 11) is 4.06. The van der Waals surface area contributed by atoms with E-state index in [9.17, 15) is 4.79 Å². The number of likely N-dealkylation sites (tertiary alicyclic amines) is 1. The van der Waals surface area contributed by atoms with Gasteiger partial charge in [0.2, 0.25) is 0 Å². The highest BCUT2D eigenvalue weighted by Crippen LogP contribution is 2.19. The first-order chi connectivity index (χ1) is 9.06. The Hall–Kier alpha value is -1.91. The molecule has 2 rings (SSSR count). The fraction of sp³-hybridized carbons (Fsp3) is 0.500. The lowest BCUT2D eigenvalue weighted by atomic mass is 10.0. The fourth-order valence-corrected chi connectivity index (χ4v) is 2.34. The van der Waals surface area contributed by atoms with E-state index in [1.165, 1.54) is 5.69 Å². The Morgan fingerprint density at radius 1 is 1.26 bits per heavy atom. The van der Waals surface area contributed by atoms with E-state index in [-0.39, 0.29) is 6.03 Å². The second-order valence-electron chi connectivity index (χ2n) is 5.19. The number of nitrogens with zero attached hydrogens (tertiary/aromatic N) is 2. The number of urea groups is 1. The molecule has 5 heteroatoms. The fourth-order valence-electron chi connectivity index (χ4n) is 2.34. The lowest BCUT2D eigenvalue weighted by molar-refractivity contribution is 0.193. The number of carbonyl (C=O) groups excluding carboxylic acids is 1. The van der Waals surface area contributed by atoms with Crippen molar-refractivity contribution in [3.63, 3.8) is 0 Å². The Labute approximate surface area is 114 Å². The first-order valence-electron chi connectivity index (χ1n) is 6.64. The Bertz CT molecular complexity index is 422. The topological polar surface area (TPSA) is 61.6 Å². The highest BCUT2D eigenvalue weighted by atomic mass is 16.2. The molecule has 104 valence electrons. The number of hydrogen-bond acceptors (Lipinski definition) is 3. The van der Waals surface area contributed by atoms with Crippen LogP contribution in [0, 0.1) is 0 Å². The van der Waals surface area contributed by atoms with Gasteiger partial charge in [-0.15, -0.1) is 0 Å². The Balaban J connectivity index is 1.87. The van der Waals surface area contributed by atoms with Gasteiger partial charge in [0, 0.05) is 44.6 Å². The minimum atomic E-state index is -0.311. The Morgan fingerprint density at radius 2 is 1.84 bits per heavy atom. The van der Waals surface area contributed by atoms with Gasteiger partial charge in [0.05, 0.1) is 0 Å². The van der Waals surface area contributed by atoms with Gasteiger partial charge in [-0.05, 0) is 37.1 Å². The summed E-state index contributed by atoms with van der Waals surface area (Å²) in [5.74, 6) is 0. The number of rotatable bonds is 3. The molecule has 0 radical (unpaired) electrons. The number of hydrogen-bond donors (Lipinski definition) is 2. The maximum atomic E-state index is 11.0. The van der Waals surface area contributed by atoms with Crippen LogP contribution >= 0.6 is 0 Å². The number of anilines is 2. The van der Waals surface area contributed by atoms with Crippen LogP contribution in [0.25, 0.3) is 0 Å². The summed E-state index contributed by atoms with van der Waals surface area (Å²) in [6.07, 6.45) is 1.89. The summed E-state index contributed by atoms with van der Waals surface area (Å²) in [5.41, 5.74) is 7.59. The standard InChI is InChI=1S/C14H22N4O/c1-17(2)13-5-3-11(4-6-13)16-12-7-9-18(10-8-12)14(15)19/h3-6,12,16H,7-10H2,1-2H3,(H2,15,19). The summed E-state index contributed by atoms with van der Waals surface area (Å²) in [5, 5.41) is 3.51. The van der Waals surface area contributed by atoms with E-state index >= 15 is 0 Å². The molecule has 1 aromatic rings. The molecule has 19 heavy (non-hydrogen) atoms. The predicted octanol–water partition coefficient (Wildman–Crippen LogP) is 1.71. The van der Waals surface area contributed by atoms with Crippen LogP contribution in [0.2, 0.25) is 0 Å². The molecule has 0 aliphatic carbocycles. The average molecular weight is 262 g/mol. The van der Waals surface area contributed by atoms with Crippen molar-refractivity contribution in [2.75, 3.05) is 37.4 Å². The van der Waals surface area contributed by atoms with E-state index in [0.717, 1.165) is 31.6 Å². The van der Waals surface area contributed by atoms with Crippen molar-refractivity contribution in [1.82, 2.24) is 4.90 Å². The third-order valence-electron chi connectivity index (χ3n) is 3.56. The van der Waals surface area contributed by atoms with Crippen molar-refractivity contribution in [3.05, 3.63) is 24.3 Å². The van der Waals surface area contributed by atoms with Gasteiger partial charge in [-0.1, -0.05) is 0 Å². The van der Waals surface area contributed by atoms with Crippen molar-refractivity contribution in [2.24, 2.45) is 5.73 Å². The van der Waals surface area contributed by atoms with Crippen molar-refractivity contribution in [1.29, 1.82) is 0 Å². The molecule has 1 aliphatic rings. The van der Waals surface area contributed by atoms with Crippen LogP contribution in [0.5, 0.6) is 0 Å². The van der Waals surface area contributed by atoms with Crippen molar-refractivity contribution in [3.8, 4) is 0 Å². The summed E-state index contributed by atoms with van der Waals surface area (Å²) < 4.78 is 0. The minimum absolute atomic E-state index is 0.311. The molecule has 1 heterocycles. The molecule has 1 aromatic carbocycles. The molecule has 2 amide bonds. The SMILES string of the molecule is CN(C)c1ccc(NC2CCN(C(N)=O)CC2)cc1.